The topological polar surface area (TPSA) is 38.8 Å². The van der Waals surface area contributed by atoms with Crippen LogP contribution in [0.15, 0.2) is 84.9 Å². The fraction of sp³-hybridized carbons (Fsp3) is 0.136. The molecular weight excluding hydrogens is 326 g/mol. The molecule has 132 valence electrons. The second-order valence-corrected chi connectivity index (χ2v) is 5.77. The molecule has 1 amide bonds. The molecule has 0 heterocycles. The molecule has 3 aromatic carbocycles. The summed E-state index contributed by atoms with van der Waals surface area (Å²) in [6.07, 6.45) is 0. The monoisotopic (exact) mass is 347 g/mol. The van der Waals surface area contributed by atoms with E-state index in [1.807, 2.05) is 60.7 Å². The number of carbonyl (C=O) groups excluding carboxylic acids is 1. The number of hydrogen-bond donors (Lipinski definition) is 0. The van der Waals surface area contributed by atoms with Crippen LogP contribution in [0, 0.1) is 0 Å². The van der Waals surface area contributed by atoms with E-state index in [0.717, 1.165) is 17.0 Å². The molecule has 3 rings (SSSR count). The van der Waals surface area contributed by atoms with Gasteiger partial charge in [-0.25, -0.2) is 0 Å². The highest BCUT2D eigenvalue weighted by atomic mass is 16.5. The highest BCUT2D eigenvalue weighted by molar-refractivity contribution is 5.94. The third-order valence-electron chi connectivity index (χ3n) is 3.97. The summed E-state index contributed by atoms with van der Waals surface area (Å²) in [5.41, 5.74) is 1.91. The van der Waals surface area contributed by atoms with E-state index in [4.69, 9.17) is 9.47 Å². The van der Waals surface area contributed by atoms with Crippen LogP contribution in [0.3, 0.4) is 0 Å². The smallest absolute Gasteiger partial charge is 0.265 e. The lowest BCUT2D eigenvalue weighted by Gasteiger charge is -2.23. The molecule has 0 fully saturated rings. The van der Waals surface area contributed by atoms with Gasteiger partial charge >= 0.3 is 0 Å². The van der Waals surface area contributed by atoms with Crippen LogP contribution in [0.2, 0.25) is 0 Å². The lowest BCUT2D eigenvalue weighted by atomic mass is 10.2. The lowest BCUT2D eigenvalue weighted by Crippen LogP contribution is -2.34. The Kier molecular flexibility index (Phi) is 5.88. The molecule has 0 aliphatic carbocycles. The molecule has 4 nitrogen and oxygen atoms in total. The van der Waals surface area contributed by atoms with Crippen molar-refractivity contribution in [3.8, 4) is 11.5 Å². The van der Waals surface area contributed by atoms with Crippen molar-refractivity contribution in [2.75, 3.05) is 18.6 Å². The van der Waals surface area contributed by atoms with Crippen molar-refractivity contribution in [2.45, 2.75) is 6.54 Å². The highest BCUT2D eigenvalue weighted by Gasteiger charge is 2.16. The number of ether oxygens (including phenoxy) is 2. The first-order valence-electron chi connectivity index (χ1n) is 8.42. The molecule has 0 aromatic heterocycles. The molecule has 0 N–H and O–H groups in total. The quantitative estimate of drug-likeness (QED) is 0.639. The number of para-hydroxylation sites is 1. The van der Waals surface area contributed by atoms with Crippen LogP contribution in [0.4, 0.5) is 5.69 Å². The van der Waals surface area contributed by atoms with Crippen molar-refractivity contribution in [3.63, 3.8) is 0 Å². The van der Waals surface area contributed by atoms with Crippen molar-refractivity contribution < 1.29 is 14.3 Å². The van der Waals surface area contributed by atoms with Gasteiger partial charge in [0.2, 0.25) is 0 Å². The SMILES string of the molecule is COc1ccc(OCC(=O)N(Cc2ccccc2)c2ccccc2)cc1. The Balaban J connectivity index is 1.71. The van der Waals surface area contributed by atoms with E-state index in [9.17, 15) is 4.79 Å². The number of carbonyl (C=O) groups is 1. The average Bonchev–Trinajstić information content (AvgIpc) is 2.72. The van der Waals surface area contributed by atoms with E-state index in [2.05, 4.69) is 0 Å². The first kappa shape index (κ1) is 17.5. The Hall–Kier alpha value is -3.27. The molecule has 3 aromatic rings. The van der Waals surface area contributed by atoms with Crippen LogP contribution >= 0.6 is 0 Å². The molecule has 0 unspecified atom stereocenters. The third kappa shape index (κ3) is 4.63. The zero-order valence-corrected chi connectivity index (χ0v) is 14.7. The summed E-state index contributed by atoms with van der Waals surface area (Å²) in [4.78, 5) is 14.6. The van der Waals surface area contributed by atoms with Gasteiger partial charge in [-0.15, -0.1) is 0 Å². The molecule has 0 atom stereocenters. The first-order chi connectivity index (χ1) is 12.8. The minimum absolute atomic E-state index is 0.0337. The molecule has 26 heavy (non-hydrogen) atoms. The maximum atomic E-state index is 12.8. The molecule has 0 aliphatic rings. The van der Waals surface area contributed by atoms with Gasteiger partial charge in [-0.3, -0.25) is 4.79 Å². The Bertz CT molecular complexity index is 817. The van der Waals surface area contributed by atoms with E-state index < -0.39 is 0 Å². The zero-order valence-electron chi connectivity index (χ0n) is 14.7. The predicted molar refractivity (Wildman–Crippen MR) is 103 cm³/mol. The standard InChI is InChI=1S/C22H21NO3/c1-25-20-12-14-21(15-13-20)26-17-22(24)23(19-10-6-3-7-11-19)16-18-8-4-2-5-9-18/h2-15H,16-17H2,1H3. The number of nitrogens with zero attached hydrogens (tertiary/aromatic N) is 1. The fourth-order valence-electron chi connectivity index (χ4n) is 2.59. The van der Waals surface area contributed by atoms with Gasteiger partial charge in [0.15, 0.2) is 6.61 Å². The summed E-state index contributed by atoms with van der Waals surface area (Å²) < 4.78 is 10.8. The molecule has 0 bridgehead atoms. The van der Waals surface area contributed by atoms with Crippen molar-refractivity contribution in [2.24, 2.45) is 0 Å². The van der Waals surface area contributed by atoms with E-state index in [1.165, 1.54) is 0 Å². The fourth-order valence-corrected chi connectivity index (χ4v) is 2.59. The second-order valence-electron chi connectivity index (χ2n) is 5.77. The normalized spacial score (nSPS) is 10.2. The summed E-state index contributed by atoms with van der Waals surface area (Å²) in [7, 11) is 1.61. The average molecular weight is 347 g/mol. The zero-order chi connectivity index (χ0) is 18.2. The largest absolute Gasteiger partial charge is 0.497 e. The van der Waals surface area contributed by atoms with Crippen LogP contribution in [0.25, 0.3) is 0 Å². The van der Waals surface area contributed by atoms with Gasteiger partial charge in [-0.05, 0) is 42.0 Å². The van der Waals surface area contributed by atoms with Gasteiger partial charge in [0.05, 0.1) is 13.7 Å². The molecule has 0 saturated carbocycles. The summed E-state index contributed by atoms with van der Waals surface area (Å²) in [6, 6.07) is 26.7. The molecule has 0 spiro atoms. The van der Waals surface area contributed by atoms with Gasteiger partial charge in [0.1, 0.15) is 11.5 Å². The number of rotatable bonds is 7. The van der Waals surface area contributed by atoms with Crippen molar-refractivity contribution >= 4 is 11.6 Å². The molecule has 0 aliphatic heterocycles. The number of benzene rings is 3. The summed E-state index contributed by atoms with van der Waals surface area (Å²) in [5, 5.41) is 0. The van der Waals surface area contributed by atoms with Gasteiger partial charge in [0.25, 0.3) is 5.91 Å². The van der Waals surface area contributed by atoms with Crippen LogP contribution in [0.5, 0.6) is 11.5 Å². The summed E-state index contributed by atoms with van der Waals surface area (Å²) in [6.45, 7) is 0.462. The van der Waals surface area contributed by atoms with E-state index in [1.54, 1.807) is 36.3 Å². The maximum Gasteiger partial charge on any atom is 0.265 e. The highest BCUT2D eigenvalue weighted by Crippen LogP contribution is 2.19. The van der Waals surface area contributed by atoms with E-state index in [-0.39, 0.29) is 12.5 Å². The first-order valence-corrected chi connectivity index (χ1v) is 8.42. The molecule has 4 heteroatoms. The summed E-state index contributed by atoms with van der Waals surface area (Å²) >= 11 is 0. The molecule has 0 saturated heterocycles. The van der Waals surface area contributed by atoms with Crippen LogP contribution in [-0.2, 0) is 11.3 Å². The van der Waals surface area contributed by atoms with Crippen molar-refractivity contribution in [3.05, 3.63) is 90.5 Å². The van der Waals surface area contributed by atoms with Gasteiger partial charge in [-0.2, -0.15) is 0 Å². The maximum absolute atomic E-state index is 12.8. The van der Waals surface area contributed by atoms with Gasteiger partial charge in [-0.1, -0.05) is 48.5 Å². The Labute approximate surface area is 153 Å². The van der Waals surface area contributed by atoms with E-state index in [0.29, 0.717) is 12.3 Å². The number of anilines is 1. The van der Waals surface area contributed by atoms with Gasteiger partial charge in [0, 0.05) is 5.69 Å². The van der Waals surface area contributed by atoms with Crippen LogP contribution in [0.1, 0.15) is 5.56 Å². The van der Waals surface area contributed by atoms with Crippen molar-refractivity contribution in [1.29, 1.82) is 0 Å². The number of methoxy groups -OCH3 is 1. The third-order valence-corrected chi connectivity index (χ3v) is 3.97. The Morgan fingerprint density at radius 1 is 0.808 bits per heavy atom. The Morgan fingerprint density at radius 3 is 2.00 bits per heavy atom. The van der Waals surface area contributed by atoms with Gasteiger partial charge < -0.3 is 14.4 Å². The second kappa shape index (κ2) is 8.72. The summed E-state index contributed by atoms with van der Waals surface area (Å²) in [5.74, 6) is 1.28. The number of amides is 1. The van der Waals surface area contributed by atoms with E-state index >= 15 is 0 Å². The minimum atomic E-state index is -0.101. The Morgan fingerprint density at radius 2 is 1.38 bits per heavy atom. The van der Waals surface area contributed by atoms with Crippen LogP contribution < -0.4 is 14.4 Å². The molecule has 0 radical (unpaired) electrons. The van der Waals surface area contributed by atoms with Crippen LogP contribution in [-0.4, -0.2) is 19.6 Å². The molecular formula is C22H21NO3. The lowest BCUT2D eigenvalue weighted by molar-refractivity contribution is -0.120. The predicted octanol–water partition coefficient (Wildman–Crippen LogP) is 4.31. The minimum Gasteiger partial charge on any atom is -0.497 e. The number of hydrogen-bond acceptors (Lipinski definition) is 3. The van der Waals surface area contributed by atoms with Crippen molar-refractivity contribution in [1.82, 2.24) is 0 Å².